The molecule has 2 aliphatic heterocycles. The lowest BCUT2D eigenvalue weighted by Crippen LogP contribution is -2.36. The van der Waals surface area contributed by atoms with Crippen molar-refractivity contribution in [2.45, 2.75) is 38.3 Å². The molecule has 0 spiro atoms. The molecule has 2 aromatic carbocycles. The lowest BCUT2D eigenvalue weighted by molar-refractivity contribution is 0.172. The number of fused-ring (bicyclic) bond motifs is 2. The Labute approximate surface area is 202 Å². The Kier molecular flexibility index (Phi) is 5.91. The predicted octanol–water partition coefficient (Wildman–Crippen LogP) is 3.30. The summed E-state index contributed by atoms with van der Waals surface area (Å²) >= 11 is 0. The maximum absolute atomic E-state index is 13.5. The number of likely N-dealkylation sites (tertiary alicyclic amines) is 1. The van der Waals surface area contributed by atoms with Crippen LogP contribution in [0.15, 0.2) is 53.3 Å². The molecule has 0 bridgehead atoms. The number of H-pyrrole nitrogens is 1. The molecule has 180 valence electrons. The molecule has 4 heterocycles. The fraction of sp³-hybridized carbons (Fsp3) is 0.385. The average molecular weight is 473 g/mol. The van der Waals surface area contributed by atoms with Gasteiger partial charge in [-0.25, -0.2) is 4.68 Å². The smallest absolute Gasteiger partial charge is 0.253 e. The highest BCUT2D eigenvalue weighted by Crippen LogP contribution is 2.35. The van der Waals surface area contributed by atoms with E-state index in [0.29, 0.717) is 42.6 Å². The van der Waals surface area contributed by atoms with E-state index in [-0.39, 0.29) is 11.6 Å². The van der Waals surface area contributed by atoms with Crippen molar-refractivity contribution in [1.29, 1.82) is 0 Å². The quantitative estimate of drug-likeness (QED) is 0.476. The Morgan fingerprint density at radius 3 is 2.46 bits per heavy atom. The highest BCUT2D eigenvalue weighted by Gasteiger charge is 2.31. The van der Waals surface area contributed by atoms with Gasteiger partial charge in [-0.15, -0.1) is 5.10 Å². The zero-order valence-electron chi connectivity index (χ0n) is 19.5. The van der Waals surface area contributed by atoms with Gasteiger partial charge in [0.05, 0.1) is 12.1 Å². The molecule has 1 atom stereocenters. The van der Waals surface area contributed by atoms with E-state index in [1.165, 1.54) is 12.8 Å². The van der Waals surface area contributed by atoms with Gasteiger partial charge in [-0.05, 0) is 54.1 Å². The number of tetrazole rings is 1. The van der Waals surface area contributed by atoms with Gasteiger partial charge in [-0.3, -0.25) is 9.69 Å². The number of rotatable bonds is 5. The molecule has 2 aromatic heterocycles. The number of hydrogen-bond acceptors (Lipinski definition) is 7. The van der Waals surface area contributed by atoms with E-state index in [1.54, 1.807) is 0 Å². The van der Waals surface area contributed by atoms with E-state index in [1.807, 2.05) is 41.1 Å². The molecule has 1 saturated heterocycles. The van der Waals surface area contributed by atoms with E-state index in [9.17, 15) is 4.79 Å². The van der Waals surface area contributed by atoms with Crippen molar-refractivity contribution in [3.63, 3.8) is 0 Å². The van der Waals surface area contributed by atoms with Crippen LogP contribution in [0.1, 0.15) is 48.7 Å². The van der Waals surface area contributed by atoms with Gasteiger partial charge in [0, 0.05) is 17.0 Å². The van der Waals surface area contributed by atoms with Gasteiger partial charge in [0.25, 0.3) is 5.56 Å². The van der Waals surface area contributed by atoms with Crippen LogP contribution in [0.25, 0.3) is 10.9 Å². The Hall–Kier alpha value is -3.72. The van der Waals surface area contributed by atoms with Gasteiger partial charge in [-0.1, -0.05) is 43.2 Å². The number of nitrogens with zero attached hydrogens (tertiary/aromatic N) is 5. The van der Waals surface area contributed by atoms with E-state index in [4.69, 9.17) is 9.47 Å². The number of hydrogen-bond donors (Lipinski definition) is 1. The van der Waals surface area contributed by atoms with Crippen LogP contribution in [-0.2, 0) is 6.54 Å². The number of pyridine rings is 1. The summed E-state index contributed by atoms with van der Waals surface area (Å²) in [5, 5.41) is 13.7. The molecule has 0 aliphatic carbocycles. The Balaban J connectivity index is 1.47. The number of benzene rings is 2. The van der Waals surface area contributed by atoms with Crippen LogP contribution in [0.3, 0.4) is 0 Å². The summed E-state index contributed by atoms with van der Waals surface area (Å²) in [7, 11) is 0. The molecule has 0 saturated carbocycles. The zero-order valence-corrected chi connectivity index (χ0v) is 19.5. The summed E-state index contributed by atoms with van der Waals surface area (Å²) in [6, 6.07) is 15.5. The van der Waals surface area contributed by atoms with Crippen LogP contribution in [0.5, 0.6) is 11.5 Å². The van der Waals surface area contributed by atoms with E-state index in [2.05, 4.69) is 37.5 Å². The number of aromatic amines is 1. The molecule has 1 fully saturated rings. The molecule has 9 nitrogen and oxygen atoms in total. The Morgan fingerprint density at radius 2 is 1.69 bits per heavy atom. The highest BCUT2D eigenvalue weighted by atomic mass is 16.6. The minimum Gasteiger partial charge on any atom is -0.486 e. The fourth-order valence-corrected chi connectivity index (χ4v) is 5.09. The molecular weight excluding hydrogens is 444 g/mol. The molecule has 0 radical (unpaired) electrons. The van der Waals surface area contributed by atoms with E-state index >= 15 is 0 Å². The summed E-state index contributed by atoms with van der Waals surface area (Å²) in [6.07, 6.45) is 4.55. The normalized spacial score (nSPS) is 17.3. The van der Waals surface area contributed by atoms with Crippen molar-refractivity contribution in [2.75, 3.05) is 26.3 Å². The molecule has 6 rings (SSSR count). The second-order valence-electron chi connectivity index (χ2n) is 9.17. The first kappa shape index (κ1) is 21.8. The average Bonchev–Trinajstić information content (AvgIpc) is 3.15. The van der Waals surface area contributed by atoms with Gasteiger partial charge < -0.3 is 14.5 Å². The van der Waals surface area contributed by atoms with Crippen molar-refractivity contribution in [2.24, 2.45) is 0 Å². The largest absolute Gasteiger partial charge is 0.486 e. The lowest BCUT2D eigenvalue weighted by Gasteiger charge is -2.29. The van der Waals surface area contributed by atoms with Crippen molar-refractivity contribution in [3.8, 4) is 11.5 Å². The van der Waals surface area contributed by atoms with Crippen LogP contribution >= 0.6 is 0 Å². The second kappa shape index (κ2) is 9.50. The lowest BCUT2D eigenvalue weighted by atomic mass is 10.0. The monoisotopic (exact) mass is 472 g/mol. The first-order valence-corrected chi connectivity index (χ1v) is 12.3. The van der Waals surface area contributed by atoms with Gasteiger partial charge in [-0.2, -0.15) is 0 Å². The first-order chi connectivity index (χ1) is 17.3. The predicted molar refractivity (Wildman–Crippen MR) is 131 cm³/mol. The third kappa shape index (κ3) is 4.39. The highest BCUT2D eigenvalue weighted by molar-refractivity contribution is 5.83. The van der Waals surface area contributed by atoms with Gasteiger partial charge in [0.2, 0.25) is 0 Å². The van der Waals surface area contributed by atoms with Crippen LogP contribution in [-0.4, -0.2) is 56.4 Å². The van der Waals surface area contributed by atoms with Crippen molar-refractivity contribution in [1.82, 2.24) is 30.1 Å². The molecule has 0 amide bonds. The van der Waals surface area contributed by atoms with Crippen molar-refractivity contribution >= 4 is 10.9 Å². The second-order valence-corrected chi connectivity index (χ2v) is 9.17. The number of ether oxygens (including phenoxy) is 2. The topological polar surface area (TPSA) is 98.2 Å². The van der Waals surface area contributed by atoms with Crippen molar-refractivity contribution < 1.29 is 9.47 Å². The summed E-state index contributed by atoms with van der Waals surface area (Å²) in [6.45, 7) is 3.34. The SMILES string of the molecule is O=c1[nH]c2cc3c(cc2cc1[C@@H](c1nnnn1Cc1ccccc1)N1CCCCCC1)OCCO3. The molecule has 35 heavy (non-hydrogen) atoms. The molecule has 9 heteroatoms. The minimum absolute atomic E-state index is 0.141. The van der Waals surface area contributed by atoms with E-state index in [0.717, 1.165) is 42.4 Å². The molecular formula is C26H28N6O3. The summed E-state index contributed by atoms with van der Waals surface area (Å²) in [4.78, 5) is 18.9. The number of nitrogens with one attached hydrogen (secondary N) is 1. The number of aromatic nitrogens is 5. The first-order valence-electron chi connectivity index (χ1n) is 12.3. The van der Waals surface area contributed by atoms with Crippen molar-refractivity contribution in [3.05, 3.63) is 75.8 Å². The van der Waals surface area contributed by atoms with Crippen LogP contribution in [0, 0.1) is 0 Å². The van der Waals surface area contributed by atoms with Crippen LogP contribution in [0.4, 0.5) is 0 Å². The molecule has 4 aromatic rings. The van der Waals surface area contributed by atoms with Gasteiger partial charge >= 0.3 is 0 Å². The summed E-state index contributed by atoms with van der Waals surface area (Å²) in [5.74, 6) is 2.03. The Morgan fingerprint density at radius 1 is 0.943 bits per heavy atom. The Bertz CT molecular complexity index is 1380. The molecule has 2 aliphatic rings. The summed E-state index contributed by atoms with van der Waals surface area (Å²) < 4.78 is 13.3. The summed E-state index contributed by atoms with van der Waals surface area (Å²) in [5.41, 5.74) is 2.33. The maximum Gasteiger partial charge on any atom is 0.253 e. The zero-order chi connectivity index (χ0) is 23.6. The standard InChI is InChI=1S/C26H28N6O3/c33-26-20(14-19-15-22-23(16-21(19)27-26)35-13-12-34-22)24(31-10-6-1-2-7-11-31)25-28-29-30-32(25)17-18-8-4-3-5-9-18/h3-5,8-9,14-16,24H,1-2,6-7,10-13,17H2,(H,27,33)/t24-/m0/s1. The van der Waals surface area contributed by atoms with Crippen LogP contribution in [0.2, 0.25) is 0 Å². The molecule has 1 N–H and O–H groups in total. The third-order valence-corrected chi connectivity index (χ3v) is 6.82. The van der Waals surface area contributed by atoms with Gasteiger partial charge in [0.15, 0.2) is 17.3 Å². The fourth-order valence-electron chi connectivity index (χ4n) is 5.09. The van der Waals surface area contributed by atoms with Crippen LogP contribution < -0.4 is 15.0 Å². The minimum atomic E-state index is -0.354. The molecule has 0 unspecified atom stereocenters. The van der Waals surface area contributed by atoms with Gasteiger partial charge in [0.1, 0.15) is 19.3 Å². The third-order valence-electron chi connectivity index (χ3n) is 6.82. The maximum atomic E-state index is 13.5. The van der Waals surface area contributed by atoms with E-state index < -0.39 is 0 Å².